The Morgan fingerprint density at radius 1 is 1.26 bits per heavy atom. The van der Waals surface area contributed by atoms with E-state index in [4.69, 9.17) is 16.7 Å². The Kier molecular flexibility index (Phi) is 5.19. The number of hydrogen-bond acceptors (Lipinski definition) is 6. The summed E-state index contributed by atoms with van der Waals surface area (Å²) in [6.07, 6.45) is 0. The molecule has 0 saturated heterocycles. The lowest BCUT2D eigenvalue weighted by molar-refractivity contribution is -0.133. The lowest BCUT2D eigenvalue weighted by Gasteiger charge is -2.07. The van der Waals surface area contributed by atoms with Gasteiger partial charge in [0.25, 0.3) is 5.56 Å². The second kappa shape index (κ2) is 7.41. The van der Waals surface area contributed by atoms with Crippen LogP contribution in [0.15, 0.2) is 39.0 Å². The van der Waals surface area contributed by atoms with E-state index in [0.717, 1.165) is 16.3 Å². The van der Waals surface area contributed by atoms with Gasteiger partial charge in [-0.2, -0.15) is 0 Å². The van der Waals surface area contributed by atoms with Crippen LogP contribution in [0.5, 0.6) is 0 Å². The Morgan fingerprint density at radius 2 is 1.93 bits per heavy atom. The third-order valence-electron chi connectivity index (χ3n) is 3.76. The van der Waals surface area contributed by atoms with Gasteiger partial charge >= 0.3 is 11.7 Å². The van der Waals surface area contributed by atoms with Crippen LogP contribution in [0.4, 0.5) is 0 Å². The van der Waals surface area contributed by atoms with Gasteiger partial charge in [-0.15, -0.1) is 0 Å². The summed E-state index contributed by atoms with van der Waals surface area (Å²) in [5.41, 5.74) is -0.896. The number of aryl methyl sites for hydroxylation is 1. The Hall–Kier alpha value is -2.85. The molecule has 0 spiro atoms. The molecule has 0 aliphatic rings. The van der Waals surface area contributed by atoms with Crippen LogP contribution < -0.4 is 11.2 Å². The van der Waals surface area contributed by atoms with Crippen LogP contribution in [0, 0.1) is 0 Å². The molecule has 3 aromatic rings. The normalized spacial score (nSPS) is 11.0. The maximum Gasteiger partial charge on any atom is 0.329 e. The average Bonchev–Trinajstić information content (AvgIpc) is 2.97. The predicted octanol–water partition coefficient (Wildman–Crippen LogP) is 1.14. The molecular formula is C16H13ClN4O5S. The zero-order valence-corrected chi connectivity index (χ0v) is 15.5. The molecule has 0 aliphatic heterocycles. The molecule has 140 valence electrons. The molecule has 0 radical (unpaired) electrons. The van der Waals surface area contributed by atoms with Gasteiger partial charge in [0, 0.05) is 17.6 Å². The molecule has 0 aliphatic carbocycles. The second-order valence-electron chi connectivity index (χ2n) is 5.58. The van der Waals surface area contributed by atoms with Crippen molar-refractivity contribution in [2.75, 3.05) is 5.75 Å². The van der Waals surface area contributed by atoms with E-state index in [9.17, 15) is 19.2 Å². The van der Waals surface area contributed by atoms with Crippen LogP contribution in [-0.2, 0) is 18.4 Å². The van der Waals surface area contributed by atoms with Crippen molar-refractivity contribution in [3.8, 4) is 0 Å². The number of benzene rings is 1. The number of Topliss-reactive ketones (excluding diaryl/α,β-unsaturated/α-hetero) is 1. The highest BCUT2D eigenvalue weighted by Crippen LogP contribution is 2.22. The van der Waals surface area contributed by atoms with E-state index in [0.29, 0.717) is 10.6 Å². The highest BCUT2D eigenvalue weighted by Gasteiger charge is 2.20. The lowest BCUT2D eigenvalue weighted by Crippen LogP contribution is -2.29. The number of fused-ring (bicyclic) bond motifs is 1. The second-order valence-corrected chi connectivity index (χ2v) is 6.96. The number of aromatic amines is 1. The number of hydrogen-bond donors (Lipinski definition) is 2. The van der Waals surface area contributed by atoms with E-state index in [2.05, 4.69) is 9.97 Å². The Bertz CT molecular complexity index is 1160. The summed E-state index contributed by atoms with van der Waals surface area (Å²) < 4.78 is 2.45. The number of carbonyl (C=O) groups excluding carboxylic acids is 1. The molecule has 0 unspecified atom stereocenters. The van der Waals surface area contributed by atoms with Crippen molar-refractivity contribution >= 4 is 46.3 Å². The molecule has 0 amide bonds. The van der Waals surface area contributed by atoms with E-state index in [1.165, 1.54) is 11.6 Å². The number of aromatic nitrogens is 4. The monoisotopic (exact) mass is 408 g/mol. The van der Waals surface area contributed by atoms with Crippen LogP contribution in [0.2, 0.25) is 5.02 Å². The summed E-state index contributed by atoms with van der Waals surface area (Å²) in [6.45, 7) is -0.249. The van der Waals surface area contributed by atoms with Gasteiger partial charge in [-0.25, -0.2) is 9.78 Å². The first-order chi connectivity index (χ1) is 12.8. The van der Waals surface area contributed by atoms with Crippen molar-refractivity contribution in [3.63, 3.8) is 0 Å². The third-order valence-corrected chi connectivity index (χ3v) is 4.98. The van der Waals surface area contributed by atoms with Crippen LogP contribution in [-0.4, -0.2) is 41.7 Å². The van der Waals surface area contributed by atoms with Crippen molar-refractivity contribution in [2.24, 2.45) is 7.05 Å². The standard InChI is InChI=1S/C16H13ClN4O5S/c1-20-13-12(14(25)19-15(20)26)21(16(18-13)27-7-11(23)24)6-10(22)8-2-4-9(17)5-3-8/h2-5H,6-7H2,1H3,(H,23,24)(H,19,25,26). The van der Waals surface area contributed by atoms with E-state index < -0.39 is 17.2 Å². The number of nitrogens with one attached hydrogen (secondary N) is 1. The summed E-state index contributed by atoms with van der Waals surface area (Å²) in [4.78, 5) is 54.0. The van der Waals surface area contributed by atoms with Crippen LogP contribution in [0.3, 0.4) is 0 Å². The van der Waals surface area contributed by atoms with E-state index >= 15 is 0 Å². The highest BCUT2D eigenvalue weighted by molar-refractivity contribution is 7.99. The maximum absolute atomic E-state index is 12.6. The fourth-order valence-electron chi connectivity index (χ4n) is 2.47. The van der Waals surface area contributed by atoms with Crippen molar-refractivity contribution in [3.05, 3.63) is 55.7 Å². The lowest BCUT2D eigenvalue weighted by atomic mass is 10.1. The Labute approximate surface area is 160 Å². The zero-order chi connectivity index (χ0) is 19.7. The topological polar surface area (TPSA) is 127 Å². The molecular weight excluding hydrogens is 396 g/mol. The van der Waals surface area contributed by atoms with Gasteiger partial charge in [-0.05, 0) is 24.3 Å². The number of thioether (sulfide) groups is 1. The first-order valence-electron chi connectivity index (χ1n) is 7.61. The number of rotatable bonds is 6. The van der Waals surface area contributed by atoms with Crippen LogP contribution in [0.1, 0.15) is 10.4 Å². The Morgan fingerprint density at radius 3 is 2.56 bits per heavy atom. The number of carboxylic acids is 1. The smallest absolute Gasteiger partial charge is 0.329 e. The minimum absolute atomic E-state index is 0.0207. The number of imidazole rings is 1. The van der Waals surface area contributed by atoms with Gasteiger partial charge in [0.2, 0.25) is 0 Å². The minimum Gasteiger partial charge on any atom is -0.481 e. The molecule has 1 aromatic carbocycles. The summed E-state index contributed by atoms with van der Waals surface area (Å²) in [5, 5.41) is 9.55. The van der Waals surface area contributed by atoms with Crippen molar-refractivity contribution in [1.29, 1.82) is 0 Å². The molecule has 0 fully saturated rings. The number of carbonyl (C=O) groups is 2. The molecule has 2 heterocycles. The summed E-state index contributed by atoms with van der Waals surface area (Å²) >= 11 is 6.68. The first-order valence-corrected chi connectivity index (χ1v) is 8.97. The van der Waals surface area contributed by atoms with E-state index in [-0.39, 0.29) is 34.4 Å². The molecule has 27 heavy (non-hydrogen) atoms. The summed E-state index contributed by atoms with van der Waals surface area (Å²) in [7, 11) is 1.42. The summed E-state index contributed by atoms with van der Waals surface area (Å²) in [5.74, 6) is -1.72. The molecule has 2 aromatic heterocycles. The van der Waals surface area contributed by atoms with Crippen LogP contribution >= 0.6 is 23.4 Å². The quantitative estimate of drug-likeness (QED) is 0.462. The molecule has 3 rings (SSSR count). The highest BCUT2D eigenvalue weighted by atomic mass is 35.5. The maximum atomic E-state index is 12.6. The third kappa shape index (κ3) is 3.81. The molecule has 2 N–H and O–H groups in total. The number of carboxylic acid groups (broad SMARTS) is 1. The van der Waals surface area contributed by atoms with E-state index in [1.54, 1.807) is 24.3 Å². The fourth-order valence-corrected chi connectivity index (χ4v) is 3.31. The SMILES string of the molecule is Cn1c(=O)[nH]c(=O)c2c1nc(SCC(=O)O)n2CC(=O)c1ccc(Cl)cc1. The van der Waals surface area contributed by atoms with Gasteiger partial charge in [0.05, 0.1) is 12.3 Å². The van der Waals surface area contributed by atoms with Gasteiger partial charge < -0.3 is 9.67 Å². The molecule has 0 bridgehead atoms. The van der Waals surface area contributed by atoms with E-state index in [1.807, 2.05) is 0 Å². The number of ketones is 1. The molecule has 0 atom stereocenters. The molecule has 0 saturated carbocycles. The van der Waals surface area contributed by atoms with Crippen LogP contribution in [0.25, 0.3) is 11.2 Å². The van der Waals surface area contributed by atoms with Gasteiger partial charge in [-0.1, -0.05) is 23.4 Å². The minimum atomic E-state index is -1.08. The Balaban J connectivity index is 2.12. The number of aliphatic carboxylic acids is 1. The largest absolute Gasteiger partial charge is 0.481 e. The molecule has 11 heteroatoms. The van der Waals surface area contributed by atoms with Crippen molar-refractivity contribution in [2.45, 2.75) is 11.7 Å². The van der Waals surface area contributed by atoms with Crippen molar-refractivity contribution in [1.82, 2.24) is 19.1 Å². The fraction of sp³-hybridized carbons (Fsp3) is 0.188. The number of nitrogens with zero attached hydrogens (tertiary/aromatic N) is 3. The molecule has 9 nitrogen and oxygen atoms in total. The van der Waals surface area contributed by atoms with Gasteiger partial charge in [-0.3, -0.25) is 23.9 Å². The number of H-pyrrole nitrogens is 1. The summed E-state index contributed by atoms with van der Waals surface area (Å²) in [6, 6.07) is 6.23. The first kappa shape index (κ1) is 18.9. The predicted molar refractivity (Wildman–Crippen MR) is 99.7 cm³/mol. The van der Waals surface area contributed by atoms with Gasteiger partial charge in [0.15, 0.2) is 22.1 Å². The van der Waals surface area contributed by atoms with Crippen molar-refractivity contribution < 1.29 is 14.7 Å². The number of halogens is 1. The average molecular weight is 409 g/mol. The van der Waals surface area contributed by atoms with Gasteiger partial charge in [0.1, 0.15) is 0 Å². The zero-order valence-electron chi connectivity index (χ0n) is 13.9.